The maximum absolute atomic E-state index is 13.0. The van der Waals surface area contributed by atoms with Crippen LogP contribution in [0.15, 0.2) is 51.8 Å². The van der Waals surface area contributed by atoms with Crippen LogP contribution in [0.5, 0.6) is 11.5 Å². The number of amides is 1. The lowest BCUT2D eigenvalue weighted by molar-refractivity contribution is 0.102. The SMILES string of the molecule is COc1ccc(-c2nnc(NC(=O)c3ccc(S(=O)(=O)N4CCCC[C@H]4C)cc3)o2)c(OC)c1. The first-order chi connectivity index (χ1) is 16.3. The highest BCUT2D eigenvalue weighted by atomic mass is 32.2. The molecule has 1 aliphatic rings. The molecule has 4 rings (SSSR count). The summed E-state index contributed by atoms with van der Waals surface area (Å²) >= 11 is 0. The number of anilines is 1. The average molecular weight is 487 g/mol. The van der Waals surface area contributed by atoms with Gasteiger partial charge < -0.3 is 13.9 Å². The van der Waals surface area contributed by atoms with Crippen molar-refractivity contribution in [2.45, 2.75) is 37.1 Å². The summed E-state index contributed by atoms with van der Waals surface area (Å²) in [5, 5.41) is 10.4. The summed E-state index contributed by atoms with van der Waals surface area (Å²) in [4.78, 5) is 12.8. The first-order valence-corrected chi connectivity index (χ1v) is 12.3. The van der Waals surface area contributed by atoms with Crippen LogP contribution in [0.3, 0.4) is 0 Å². The fraction of sp³-hybridized carbons (Fsp3) is 0.348. The van der Waals surface area contributed by atoms with Crippen LogP contribution in [0.1, 0.15) is 36.5 Å². The molecule has 0 bridgehead atoms. The van der Waals surface area contributed by atoms with Crippen LogP contribution in [0, 0.1) is 0 Å². The number of carbonyl (C=O) groups is 1. The van der Waals surface area contributed by atoms with E-state index in [1.807, 2.05) is 6.92 Å². The summed E-state index contributed by atoms with van der Waals surface area (Å²) < 4.78 is 43.6. The molecule has 10 nitrogen and oxygen atoms in total. The maximum atomic E-state index is 13.0. The summed E-state index contributed by atoms with van der Waals surface area (Å²) in [7, 11) is -0.558. The van der Waals surface area contributed by atoms with Crippen LogP contribution in [0.4, 0.5) is 6.01 Å². The van der Waals surface area contributed by atoms with Gasteiger partial charge in [-0.2, -0.15) is 4.31 Å². The van der Waals surface area contributed by atoms with E-state index in [4.69, 9.17) is 13.9 Å². The van der Waals surface area contributed by atoms with Crippen molar-refractivity contribution < 1.29 is 27.1 Å². The number of hydrogen-bond acceptors (Lipinski definition) is 8. The summed E-state index contributed by atoms with van der Waals surface area (Å²) in [6.07, 6.45) is 2.71. The van der Waals surface area contributed by atoms with Gasteiger partial charge in [0.1, 0.15) is 11.5 Å². The Kier molecular flexibility index (Phi) is 6.85. The van der Waals surface area contributed by atoms with Gasteiger partial charge in [-0.25, -0.2) is 8.42 Å². The van der Waals surface area contributed by atoms with Crippen LogP contribution in [-0.2, 0) is 10.0 Å². The van der Waals surface area contributed by atoms with Crippen LogP contribution in [0.2, 0.25) is 0 Å². The van der Waals surface area contributed by atoms with Crippen LogP contribution in [-0.4, -0.2) is 55.6 Å². The molecule has 0 saturated carbocycles. The van der Waals surface area contributed by atoms with Crippen molar-refractivity contribution in [1.29, 1.82) is 0 Å². The largest absolute Gasteiger partial charge is 0.497 e. The molecule has 11 heteroatoms. The number of nitrogens with zero attached hydrogens (tertiary/aromatic N) is 3. The molecule has 0 aliphatic carbocycles. The Morgan fingerprint density at radius 1 is 1.09 bits per heavy atom. The Labute approximate surface area is 197 Å². The van der Waals surface area contributed by atoms with Gasteiger partial charge in [0.15, 0.2) is 0 Å². The van der Waals surface area contributed by atoms with Crippen LogP contribution >= 0.6 is 0 Å². The fourth-order valence-corrected chi connectivity index (χ4v) is 5.57. The molecule has 2 heterocycles. The van der Waals surface area contributed by atoms with Gasteiger partial charge in [-0.3, -0.25) is 10.1 Å². The van der Waals surface area contributed by atoms with E-state index in [0.717, 1.165) is 19.3 Å². The van der Waals surface area contributed by atoms with Gasteiger partial charge >= 0.3 is 6.01 Å². The second kappa shape index (κ2) is 9.82. The normalized spacial score (nSPS) is 16.7. The number of carbonyl (C=O) groups excluding carboxylic acids is 1. The van der Waals surface area contributed by atoms with Crippen molar-refractivity contribution in [2.75, 3.05) is 26.1 Å². The fourth-order valence-electron chi connectivity index (χ4n) is 3.87. The molecule has 1 amide bonds. The molecule has 34 heavy (non-hydrogen) atoms. The van der Waals surface area contributed by atoms with Crippen molar-refractivity contribution in [2.24, 2.45) is 0 Å². The monoisotopic (exact) mass is 486 g/mol. The Hall–Kier alpha value is -3.44. The van der Waals surface area contributed by atoms with Crippen LogP contribution < -0.4 is 14.8 Å². The third-order valence-electron chi connectivity index (χ3n) is 5.75. The molecular weight excluding hydrogens is 460 g/mol. The molecule has 1 fully saturated rings. The van der Waals surface area contributed by atoms with Gasteiger partial charge in [0, 0.05) is 24.2 Å². The van der Waals surface area contributed by atoms with E-state index >= 15 is 0 Å². The van der Waals surface area contributed by atoms with E-state index in [-0.39, 0.29) is 28.4 Å². The number of aromatic nitrogens is 2. The number of benzene rings is 2. The lowest BCUT2D eigenvalue weighted by Crippen LogP contribution is -2.41. The molecule has 0 radical (unpaired) electrons. The summed E-state index contributed by atoms with van der Waals surface area (Å²) in [5.41, 5.74) is 0.797. The standard InChI is InChI=1S/C23H26N4O6S/c1-15-6-4-5-13-27(15)34(29,30)18-10-7-16(8-11-18)21(28)24-23-26-25-22(33-23)19-12-9-17(31-2)14-20(19)32-3/h7-12,14-15H,4-6,13H2,1-3H3,(H,24,26,28)/t15-/m1/s1. The van der Waals surface area contributed by atoms with Gasteiger partial charge in [-0.15, -0.1) is 5.10 Å². The molecule has 0 unspecified atom stereocenters. The van der Waals surface area contributed by atoms with Gasteiger partial charge in [-0.05, 0) is 56.2 Å². The van der Waals surface area contributed by atoms with Crippen molar-refractivity contribution in [1.82, 2.24) is 14.5 Å². The number of piperidine rings is 1. The molecule has 0 spiro atoms. The zero-order valence-corrected chi connectivity index (χ0v) is 20.0. The Morgan fingerprint density at radius 2 is 1.85 bits per heavy atom. The smallest absolute Gasteiger partial charge is 0.322 e. The lowest BCUT2D eigenvalue weighted by Gasteiger charge is -2.32. The van der Waals surface area contributed by atoms with Crippen molar-refractivity contribution >= 4 is 21.9 Å². The average Bonchev–Trinajstić information content (AvgIpc) is 3.32. The number of rotatable bonds is 7. The van der Waals surface area contributed by atoms with Gasteiger partial charge in [0.2, 0.25) is 10.0 Å². The highest BCUT2D eigenvalue weighted by Gasteiger charge is 2.31. The molecule has 2 aromatic carbocycles. The molecule has 3 aromatic rings. The maximum Gasteiger partial charge on any atom is 0.322 e. The predicted octanol–water partition coefficient (Wildman–Crippen LogP) is 3.57. The van der Waals surface area contributed by atoms with Gasteiger partial charge in [0.05, 0.1) is 24.7 Å². The third-order valence-corrected chi connectivity index (χ3v) is 7.78. The summed E-state index contributed by atoms with van der Waals surface area (Å²) in [5.74, 6) is 0.730. The second-order valence-electron chi connectivity index (χ2n) is 7.92. The molecule has 1 aromatic heterocycles. The number of hydrogen-bond donors (Lipinski definition) is 1. The molecule has 1 aliphatic heterocycles. The number of ether oxygens (including phenoxy) is 2. The summed E-state index contributed by atoms with van der Waals surface area (Å²) in [6.45, 7) is 2.42. The van der Waals surface area contributed by atoms with Crippen molar-refractivity contribution in [3.8, 4) is 23.0 Å². The molecule has 180 valence electrons. The lowest BCUT2D eigenvalue weighted by atomic mass is 10.1. The van der Waals surface area contributed by atoms with E-state index < -0.39 is 15.9 Å². The predicted molar refractivity (Wildman–Crippen MR) is 124 cm³/mol. The Morgan fingerprint density at radius 3 is 2.53 bits per heavy atom. The number of methoxy groups -OCH3 is 2. The van der Waals surface area contributed by atoms with Gasteiger partial charge in [-0.1, -0.05) is 11.5 Å². The van der Waals surface area contributed by atoms with E-state index in [1.54, 1.807) is 25.3 Å². The molecular formula is C23H26N4O6S. The van der Waals surface area contributed by atoms with Crippen LogP contribution in [0.25, 0.3) is 11.5 Å². The number of nitrogens with one attached hydrogen (secondary N) is 1. The molecule has 1 atom stereocenters. The second-order valence-corrected chi connectivity index (χ2v) is 9.81. The van der Waals surface area contributed by atoms with Gasteiger partial charge in [0.25, 0.3) is 11.8 Å². The zero-order valence-electron chi connectivity index (χ0n) is 19.1. The zero-order chi connectivity index (χ0) is 24.3. The topological polar surface area (TPSA) is 124 Å². The highest BCUT2D eigenvalue weighted by molar-refractivity contribution is 7.89. The quantitative estimate of drug-likeness (QED) is 0.538. The third kappa shape index (κ3) is 4.75. The first-order valence-electron chi connectivity index (χ1n) is 10.8. The number of sulfonamides is 1. The van der Waals surface area contributed by atoms with E-state index in [1.165, 1.54) is 35.7 Å². The highest BCUT2D eigenvalue weighted by Crippen LogP contribution is 2.33. The molecule has 1 N–H and O–H groups in total. The van der Waals surface area contributed by atoms with E-state index in [0.29, 0.717) is 23.6 Å². The van der Waals surface area contributed by atoms with E-state index in [9.17, 15) is 13.2 Å². The Balaban J connectivity index is 1.47. The molecule has 1 saturated heterocycles. The van der Waals surface area contributed by atoms with E-state index in [2.05, 4.69) is 15.5 Å². The first kappa shape index (κ1) is 23.7. The minimum Gasteiger partial charge on any atom is -0.497 e. The van der Waals surface area contributed by atoms with Crippen molar-refractivity contribution in [3.05, 3.63) is 48.0 Å². The van der Waals surface area contributed by atoms with Crippen molar-refractivity contribution in [3.63, 3.8) is 0 Å². The summed E-state index contributed by atoms with van der Waals surface area (Å²) in [6, 6.07) is 10.8. The minimum atomic E-state index is -3.61. The minimum absolute atomic E-state index is 0.0437. The Bertz CT molecular complexity index is 1270.